The van der Waals surface area contributed by atoms with Crippen LogP contribution in [0.3, 0.4) is 0 Å². The zero-order valence-electron chi connectivity index (χ0n) is 10.3. The lowest BCUT2D eigenvalue weighted by Crippen LogP contribution is -2.28. The fraction of sp³-hybridized carbons (Fsp3) is 0.462. The molecule has 0 saturated carbocycles. The van der Waals surface area contributed by atoms with Crippen molar-refractivity contribution < 1.29 is 4.74 Å². The van der Waals surface area contributed by atoms with Gasteiger partial charge in [0.2, 0.25) is 0 Å². The van der Waals surface area contributed by atoms with Gasteiger partial charge in [0.15, 0.2) is 0 Å². The van der Waals surface area contributed by atoms with E-state index < -0.39 is 0 Å². The zero-order chi connectivity index (χ0) is 12.7. The largest absolute Gasteiger partial charge is 0.379 e. The van der Waals surface area contributed by atoms with Crippen LogP contribution in [-0.4, -0.2) is 28.8 Å². The Morgan fingerprint density at radius 3 is 3.00 bits per heavy atom. The molecule has 0 bridgehead atoms. The first-order chi connectivity index (χ1) is 8.72. The van der Waals surface area contributed by atoms with Crippen molar-refractivity contribution in [3.05, 3.63) is 29.0 Å². The minimum Gasteiger partial charge on any atom is -0.379 e. The Morgan fingerprint density at radius 2 is 2.33 bits per heavy atom. The summed E-state index contributed by atoms with van der Waals surface area (Å²) in [5, 5.41) is 0.737. The van der Waals surface area contributed by atoms with Gasteiger partial charge in [-0.1, -0.05) is 17.7 Å². The highest BCUT2D eigenvalue weighted by Crippen LogP contribution is 2.30. The highest BCUT2D eigenvalue weighted by Gasteiger charge is 2.31. The second-order valence-corrected chi connectivity index (χ2v) is 5.04. The zero-order valence-corrected chi connectivity index (χ0v) is 11.0. The first kappa shape index (κ1) is 12.0. The molecule has 1 aliphatic heterocycles. The van der Waals surface area contributed by atoms with Crippen molar-refractivity contribution in [1.82, 2.24) is 9.55 Å². The summed E-state index contributed by atoms with van der Waals surface area (Å²) in [6.07, 6.45) is 0. The third kappa shape index (κ3) is 1.72. The molecule has 4 nitrogen and oxygen atoms in total. The number of hydrogen-bond donors (Lipinski definition) is 1. The molecule has 1 fully saturated rings. The van der Waals surface area contributed by atoms with Crippen molar-refractivity contribution in [2.45, 2.75) is 25.4 Å². The minimum absolute atomic E-state index is 0.0193. The van der Waals surface area contributed by atoms with Crippen LogP contribution in [0.5, 0.6) is 0 Å². The van der Waals surface area contributed by atoms with Crippen LogP contribution < -0.4 is 5.73 Å². The third-order valence-corrected chi connectivity index (χ3v) is 3.82. The Morgan fingerprint density at radius 1 is 1.50 bits per heavy atom. The molecule has 0 amide bonds. The molecule has 2 atom stereocenters. The summed E-state index contributed by atoms with van der Waals surface area (Å²) in [5.41, 5.74) is 8.01. The van der Waals surface area contributed by atoms with E-state index in [1.54, 1.807) is 0 Å². The van der Waals surface area contributed by atoms with Gasteiger partial charge < -0.3 is 15.0 Å². The van der Waals surface area contributed by atoms with Crippen LogP contribution >= 0.6 is 11.6 Å². The number of benzene rings is 1. The molecule has 1 aliphatic rings. The van der Waals surface area contributed by atoms with Gasteiger partial charge in [-0.2, -0.15) is 0 Å². The number of fused-ring (bicyclic) bond motifs is 1. The monoisotopic (exact) mass is 265 g/mol. The average Bonchev–Trinajstić information content (AvgIpc) is 2.92. The van der Waals surface area contributed by atoms with Gasteiger partial charge in [-0.25, -0.2) is 4.98 Å². The van der Waals surface area contributed by atoms with Crippen LogP contribution in [0, 0.1) is 0 Å². The molecule has 5 heteroatoms. The van der Waals surface area contributed by atoms with Crippen molar-refractivity contribution in [2.24, 2.45) is 5.73 Å². The van der Waals surface area contributed by atoms with Crippen molar-refractivity contribution in [2.75, 3.05) is 13.2 Å². The van der Waals surface area contributed by atoms with E-state index in [9.17, 15) is 0 Å². The Balaban J connectivity index is 2.20. The number of aromatic nitrogens is 2. The molecular weight excluding hydrogens is 250 g/mol. The quantitative estimate of drug-likeness (QED) is 0.905. The van der Waals surface area contributed by atoms with Crippen LogP contribution in [0.4, 0.5) is 0 Å². The summed E-state index contributed by atoms with van der Waals surface area (Å²) in [5.74, 6) is 1.15. The molecular formula is C13H16ClN3O. The number of ether oxygens (including phenoxy) is 1. The van der Waals surface area contributed by atoms with E-state index in [1.807, 2.05) is 18.2 Å². The fourth-order valence-electron chi connectivity index (χ4n) is 2.60. The van der Waals surface area contributed by atoms with Gasteiger partial charge in [0.05, 0.1) is 35.2 Å². The summed E-state index contributed by atoms with van der Waals surface area (Å²) in [4.78, 5) is 4.70. The number of para-hydroxylation sites is 1. The van der Waals surface area contributed by atoms with E-state index in [-0.39, 0.29) is 12.0 Å². The number of rotatable bonds is 2. The molecule has 0 aliphatic carbocycles. The SMILES string of the molecule is CCn1c(C2COCC2N)nc2cccc(Cl)c21. The molecule has 3 rings (SSSR count). The van der Waals surface area contributed by atoms with E-state index in [0.29, 0.717) is 13.2 Å². The lowest BCUT2D eigenvalue weighted by Gasteiger charge is -2.14. The van der Waals surface area contributed by atoms with E-state index in [0.717, 1.165) is 28.4 Å². The second-order valence-electron chi connectivity index (χ2n) is 4.63. The van der Waals surface area contributed by atoms with E-state index in [2.05, 4.69) is 11.5 Å². The van der Waals surface area contributed by atoms with Gasteiger partial charge in [0.1, 0.15) is 5.82 Å². The molecule has 2 N–H and O–H groups in total. The Labute approximate surface area is 111 Å². The summed E-state index contributed by atoms with van der Waals surface area (Å²) in [6, 6.07) is 5.82. The molecule has 2 heterocycles. The molecule has 18 heavy (non-hydrogen) atoms. The molecule has 0 spiro atoms. The second kappa shape index (κ2) is 4.53. The molecule has 0 radical (unpaired) electrons. The van der Waals surface area contributed by atoms with Gasteiger partial charge in [-0.15, -0.1) is 0 Å². The maximum atomic E-state index is 6.27. The van der Waals surface area contributed by atoms with E-state index >= 15 is 0 Å². The third-order valence-electron chi connectivity index (χ3n) is 3.52. The molecule has 1 aromatic carbocycles. The maximum Gasteiger partial charge on any atom is 0.117 e. The normalized spacial score (nSPS) is 23.9. The van der Waals surface area contributed by atoms with Crippen LogP contribution in [-0.2, 0) is 11.3 Å². The minimum atomic E-state index is 0.0193. The van der Waals surface area contributed by atoms with Crippen molar-refractivity contribution in [3.8, 4) is 0 Å². The predicted molar refractivity (Wildman–Crippen MR) is 72.0 cm³/mol. The first-order valence-electron chi connectivity index (χ1n) is 6.20. The highest BCUT2D eigenvalue weighted by atomic mass is 35.5. The highest BCUT2D eigenvalue weighted by molar-refractivity contribution is 6.35. The molecule has 96 valence electrons. The van der Waals surface area contributed by atoms with Gasteiger partial charge in [-0.3, -0.25) is 0 Å². The Kier molecular flexibility index (Phi) is 3.01. The number of nitrogens with zero attached hydrogens (tertiary/aromatic N) is 2. The summed E-state index contributed by atoms with van der Waals surface area (Å²) < 4.78 is 7.59. The fourth-order valence-corrected chi connectivity index (χ4v) is 2.87. The number of halogens is 1. The lowest BCUT2D eigenvalue weighted by atomic mass is 10.0. The van der Waals surface area contributed by atoms with Gasteiger partial charge in [-0.05, 0) is 19.1 Å². The Bertz CT molecular complexity index is 581. The van der Waals surface area contributed by atoms with Gasteiger partial charge in [0.25, 0.3) is 0 Å². The summed E-state index contributed by atoms with van der Waals surface area (Å²) in [7, 11) is 0. The van der Waals surface area contributed by atoms with Crippen molar-refractivity contribution in [1.29, 1.82) is 0 Å². The molecule has 1 aromatic heterocycles. The molecule has 2 aromatic rings. The van der Waals surface area contributed by atoms with Crippen LogP contribution in [0.1, 0.15) is 18.7 Å². The predicted octanol–water partition coefficient (Wildman–Crippen LogP) is 2.15. The average molecular weight is 266 g/mol. The first-order valence-corrected chi connectivity index (χ1v) is 6.58. The van der Waals surface area contributed by atoms with Gasteiger partial charge in [0, 0.05) is 12.6 Å². The van der Waals surface area contributed by atoms with Crippen LogP contribution in [0.2, 0.25) is 5.02 Å². The maximum absolute atomic E-state index is 6.27. The van der Waals surface area contributed by atoms with E-state index in [4.69, 9.17) is 27.1 Å². The summed E-state index contributed by atoms with van der Waals surface area (Å²) >= 11 is 6.27. The number of hydrogen-bond acceptors (Lipinski definition) is 3. The Hall–Kier alpha value is -1.10. The number of nitrogens with two attached hydrogens (primary N) is 1. The molecule has 2 unspecified atom stereocenters. The topological polar surface area (TPSA) is 53.1 Å². The van der Waals surface area contributed by atoms with Crippen molar-refractivity contribution >= 4 is 22.6 Å². The summed E-state index contributed by atoms with van der Waals surface area (Å²) in [6.45, 7) is 4.17. The smallest absolute Gasteiger partial charge is 0.117 e. The lowest BCUT2D eigenvalue weighted by molar-refractivity contribution is 0.190. The van der Waals surface area contributed by atoms with Crippen molar-refractivity contribution in [3.63, 3.8) is 0 Å². The molecule has 1 saturated heterocycles. The number of aryl methyl sites for hydroxylation is 1. The van der Waals surface area contributed by atoms with Gasteiger partial charge >= 0.3 is 0 Å². The van der Waals surface area contributed by atoms with E-state index in [1.165, 1.54) is 0 Å². The van der Waals surface area contributed by atoms with Crippen LogP contribution in [0.15, 0.2) is 18.2 Å². The van der Waals surface area contributed by atoms with Crippen LogP contribution in [0.25, 0.3) is 11.0 Å². The standard InChI is InChI=1S/C13H16ClN3O/c1-2-17-12-9(14)4-3-5-11(12)16-13(17)8-6-18-7-10(8)15/h3-5,8,10H,2,6-7,15H2,1H3. The number of imidazole rings is 1.